The normalized spacial score (nSPS) is 14.6. The third-order valence-electron chi connectivity index (χ3n) is 4.44. The zero-order valence-electron chi connectivity index (χ0n) is 14.9. The fourth-order valence-electron chi connectivity index (χ4n) is 2.90. The van der Waals surface area contributed by atoms with Gasteiger partial charge in [-0.15, -0.1) is 11.3 Å². The van der Waals surface area contributed by atoms with Gasteiger partial charge >= 0.3 is 11.9 Å². The van der Waals surface area contributed by atoms with Gasteiger partial charge in [0.1, 0.15) is 5.01 Å². The lowest BCUT2D eigenvalue weighted by atomic mass is 9.97. The number of thiazole rings is 1. The number of esters is 2. The summed E-state index contributed by atoms with van der Waals surface area (Å²) in [7, 11) is 1.36. The second kappa shape index (κ2) is 8.77. The first-order valence-electron chi connectivity index (χ1n) is 8.62. The predicted molar refractivity (Wildman–Crippen MR) is 99.2 cm³/mol. The van der Waals surface area contributed by atoms with Crippen LogP contribution in [0.5, 0.6) is 0 Å². The Bertz CT molecular complexity index is 813. The molecule has 1 fully saturated rings. The molecule has 0 radical (unpaired) electrons. The zero-order valence-corrected chi connectivity index (χ0v) is 15.7. The summed E-state index contributed by atoms with van der Waals surface area (Å²) in [6, 6.07) is 9.53. The molecule has 0 bridgehead atoms. The summed E-state index contributed by atoms with van der Waals surface area (Å²) in [5.41, 5.74) is 1.11. The molecular formula is C19H20N2O5S. The van der Waals surface area contributed by atoms with Gasteiger partial charge in [0.15, 0.2) is 12.3 Å². The molecule has 1 aromatic heterocycles. The molecule has 1 aliphatic rings. The first-order chi connectivity index (χ1) is 13.1. The standard InChI is InChI=1S/C19H20N2O5S/c1-25-18(23)14-7-9-21(10-8-14)16(22)11-26-19(24)15-12-27-17(20-15)13-5-3-2-4-6-13/h2-6,12,14H,7-11H2,1H3. The van der Waals surface area contributed by atoms with Gasteiger partial charge in [-0.05, 0) is 12.8 Å². The number of carbonyl (C=O) groups is 3. The molecule has 0 aliphatic carbocycles. The third kappa shape index (κ3) is 4.71. The number of amides is 1. The molecule has 3 rings (SSSR count). The van der Waals surface area contributed by atoms with Gasteiger partial charge in [0.05, 0.1) is 13.0 Å². The van der Waals surface area contributed by atoms with E-state index in [0.717, 1.165) is 10.6 Å². The van der Waals surface area contributed by atoms with Gasteiger partial charge in [0.25, 0.3) is 5.91 Å². The monoisotopic (exact) mass is 388 g/mol. The average Bonchev–Trinajstić information content (AvgIpc) is 3.22. The Hall–Kier alpha value is -2.74. The van der Waals surface area contributed by atoms with Crippen LogP contribution < -0.4 is 0 Å². The van der Waals surface area contributed by atoms with Crippen LogP contribution in [0.4, 0.5) is 0 Å². The number of hydrogen-bond acceptors (Lipinski definition) is 7. The molecule has 1 saturated heterocycles. The van der Waals surface area contributed by atoms with Crippen LogP contribution in [-0.2, 0) is 19.1 Å². The van der Waals surface area contributed by atoms with E-state index < -0.39 is 5.97 Å². The van der Waals surface area contributed by atoms with Crippen LogP contribution in [0.2, 0.25) is 0 Å². The highest BCUT2D eigenvalue weighted by Crippen LogP contribution is 2.23. The minimum atomic E-state index is -0.619. The van der Waals surface area contributed by atoms with Crippen molar-refractivity contribution in [2.24, 2.45) is 5.92 Å². The zero-order chi connectivity index (χ0) is 19.2. The molecule has 0 N–H and O–H groups in total. The van der Waals surface area contributed by atoms with E-state index in [1.807, 2.05) is 30.3 Å². The highest BCUT2D eigenvalue weighted by atomic mass is 32.1. The molecule has 2 heterocycles. The lowest BCUT2D eigenvalue weighted by Gasteiger charge is -2.30. The van der Waals surface area contributed by atoms with Gasteiger partial charge in [0, 0.05) is 24.0 Å². The Labute approximate surface area is 160 Å². The van der Waals surface area contributed by atoms with Crippen molar-refractivity contribution in [2.75, 3.05) is 26.8 Å². The molecule has 2 aromatic rings. The minimum Gasteiger partial charge on any atom is -0.469 e. The summed E-state index contributed by atoms with van der Waals surface area (Å²) in [4.78, 5) is 41.8. The number of nitrogens with zero attached hydrogens (tertiary/aromatic N) is 2. The van der Waals surface area contributed by atoms with Crippen molar-refractivity contribution >= 4 is 29.2 Å². The second-order valence-corrected chi connectivity index (χ2v) is 7.02. The first kappa shape index (κ1) is 19.0. The fraction of sp³-hybridized carbons (Fsp3) is 0.368. The highest BCUT2D eigenvalue weighted by molar-refractivity contribution is 7.13. The SMILES string of the molecule is COC(=O)C1CCN(C(=O)COC(=O)c2csc(-c3ccccc3)n2)CC1. The molecule has 8 heteroatoms. The summed E-state index contributed by atoms with van der Waals surface area (Å²) in [6.07, 6.45) is 1.11. The largest absolute Gasteiger partial charge is 0.469 e. The van der Waals surface area contributed by atoms with Crippen molar-refractivity contribution in [2.45, 2.75) is 12.8 Å². The van der Waals surface area contributed by atoms with Crippen LogP contribution in [0.25, 0.3) is 10.6 Å². The van der Waals surface area contributed by atoms with Crippen LogP contribution in [0.3, 0.4) is 0 Å². The van der Waals surface area contributed by atoms with Crippen LogP contribution in [-0.4, -0.2) is 54.5 Å². The third-order valence-corrected chi connectivity index (χ3v) is 5.33. The Morgan fingerprint density at radius 1 is 1.19 bits per heavy atom. The molecule has 0 unspecified atom stereocenters. The van der Waals surface area contributed by atoms with Crippen molar-refractivity contribution in [3.05, 3.63) is 41.4 Å². The summed E-state index contributed by atoms with van der Waals surface area (Å²) >= 11 is 1.35. The number of likely N-dealkylation sites (tertiary alicyclic amines) is 1. The Morgan fingerprint density at radius 2 is 1.89 bits per heavy atom. The molecule has 1 aromatic carbocycles. The van der Waals surface area contributed by atoms with E-state index >= 15 is 0 Å². The maximum absolute atomic E-state index is 12.2. The number of methoxy groups -OCH3 is 1. The van der Waals surface area contributed by atoms with E-state index in [-0.39, 0.29) is 30.1 Å². The maximum atomic E-state index is 12.2. The molecule has 7 nitrogen and oxygen atoms in total. The van der Waals surface area contributed by atoms with Crippen LogP contribution in [0.15, 0.2) is 35.7 Å². The predicted octanol–water partition coefficient (Wildman–Crippen LogP) is 2.38. The topological polar surface area (TPSA) is 85.8 Å². The van der Waals surface area contributed by atoms with Gasteiger partial charge in [-0.1, -0.05) is 30.3 Å². The summed E-state index contributed by atoms with van der Waals surface area (Å²) in [6.45, 7) is 0.565. The van der Waals surface area contributed by atoms with Crippen molar-refractivity contribution < 1.29 is 23.9 Å². The van der Waals surface area contributed by atoms with Crippen LogP contribution >= 0.6 is 11.3 Å². The van der Waals surface area contributed by atoms with Crippen molar-refractivity contribution in [3.63, 3.8) is 0 Å². The van der Waals surface area contributed by atoms with Gasteiger partial charge < -0.3 is 14.4 Å². The molecule has 0 spiro atoms. The number of ether oxygens (including phenoxy) is 2. The number of benzene rings is 1. The molecular weight excluding hydrogens is 368 g/mol. The number of aromatic nitrogens is 1. The number of carbonyl (C=O) groups excluding carboxylic acids is 3. The minimum absolute atomic E-state index is 0.173. The van der Waals surface area contributed by atoms with E-state index in [1.54, 1.807) is 10.3 Å². The smallest absolute Gasteiger partial charge is 0.358 e. The van der Waals surface area contributed by atoms with Gasteiger partial charge in [0.2, 0.25) is 0 Å². The summed E-state index contributed by atoms with van der Waals surface area (Å²) in [5, 5.41) is 2.34. The number of piperidine rings is 1. The quantitative estimate of drug-likeness (QED) is 0.731. The first-order valence-corrected chi connectivity index (χ1v) is 9.50. The lowest BCUT2D eigenvalue weighted by Crippen LogP contribution is -2.42. The summed E-state index contributed by atoms with van der Waals surface area (Å²) < 4.78 is 9.84. The molecule has 142 valence electrons. The van der Waals surface area contributed by atoms with Gasteiger partial charge in [-0.3, -0.25) is 9.59 Å². The second-order valence-electron chi connectivity index (χ2n) is 6.16. The van der Waals surface area contributed by atoms with Crippen molar-refractivity contribution in [3.8, 4) is 10.6 Å². The molecule has 27 heavy (non-hydrogen) atoms. The molecule has 1 amide bonds. The number of hydrogen-bond donors (Lipinski definition) is 0. The lowest BCUT2D eigenvalue weighted by molar-refractivity contribution is -0.149. The Morgan fingerprint density at radius 3 is 2.56 bits per heavy atom. The molecule has 0 saturated carbocycles. The summed E-state index contributed by atoms with van der Waals surface area (Å²) in [5.74, 6) is -1.31. The van der Waals surface area contributed by atoms with E-state index in [4.69, 9.17) is 9.47 Å². The van der Waals surface area contributed by atoms with E-state index in [9.17, 15) is 14.4 Å². The van der Waals surface area contributed by atoms with Crippen molar-refractivity contribution in [1.29, 1.82) is 0 Å². The van der Waals surface area contributed by atoms with Crippen LogP contribution in [0, 0.1) is 5.92 Å². The van der Waals surface area contributed by atoms with Gasteiger partial charge in [-0.25, -0.2) is 9.78 Å². The highest BCUT2D eigenvalue weighted by Gasteiger charge is 2.28. The van der Waals surface area contributed by atoms with E-state index in [1.165, 1.54) is 18.4 Å². The maximum Gasteiger partial charge on any atom is 0.358 e. The average molecular weight is 388 g/mol. The van der Waals surface area contributed by atoms with E-state index in [2.05, 4.69) is 4.98 Å². The van der Waals surface area contributed by atoms with Crippen molar-refractivity contribution in [1.82, 2.24) is 9.88 Å². The Kier molecular flexibility index (Phi) is 6.18. The fourth-order valence-corrected chi connectivity index (χ4v) is 3.70. The van der Waals surface area contributed by atoms with Crippen LogP contribution in [0.1, 0.15) is 23.3 Å². The Balaban J connectivity index is 1.49. The van der Waals surface area contributed by atoms with E-state index in [0.29, 0.717) is 25.9 Å². The van der Waals surface area contributed by atoms with Gasteiger partial charge in [-0.2, -0.15) is 0 Å². The molecule has 1 aliphatic heterocycles. The number of rotatable bonds is 5. The molecule has 0 atom stereocenters.